The van der Waals surface area contributed by atoms with E-state index >= 15 is 0 Å². The largest absolute Gasteiger partial charge is 0.507 e. The van der Waals surface area contributed by atoms with Crippen molar-refractivity contribution in [1.82, 2.24) is 0 Å². The molecule has 3 atom stereocenters. The molecule has 1 aromatic rings. The number of rotatable bonds is 5. The van der Waals surface area contributed by atoms with Gasteiger partial charge in [0.2, 0.25) is 0 Å². The average Bonchev–Trinajstić information content (AvgIpc) is 2.53. The third kappa shape index (κ3) is 3.34. The van der Waals surface area contributed by atoms with E-state index in [1.54, 1.807) is 0 Å². The summed E-state index contributed by atoms with van der Waals surface area (Å²) in [6, 6.07) is 3.92. The van der Waals surface area contributed by atoms with Gasteiger partial charge in [0.25, 0.3) is 0 Å². The lowest BCUT2D eigenvalue weighted by Gasteiger charge is -2.55. The van der Waals surface area contributed by atoms with Gasteiger partial charge in [0.05, 0.1) is 29.1 Å². The monoisotopic (exact) mass is 344 g/mol. The molecule has 0 fully saturated rings. The number of hydrogen-bond acceptors (Lipinski definition) is 2. The predicted molar refractivity (Wildman–Crippen MR) is 110 cm³/mol. The standard InChI is InChI=1S/C21H27B3O2/c1-4-5-6-7-14-11-17(25)19-15-10-13(2)8-9-16(15)20(3,21(22,23)24)26-18(19)12-14/h10-12,15-16,25H,4-9H2,1-3H3. The number of phenolic OH excluding ortho intramolecular Hbond substituents is 1. The van der Waals surface area contributed by atoms with Crippen molar-refractivity contribution in [1.29, 1.82) is 0 Å². The van der Waals surface area contributed by atoms with Gasteiger partial charge in [-0.05, 0) is 57.2 Å². The second kappa shape index (κ2) is 7.05. The quantitative estimate of drug-likeness (QED) is 0.491. The molecule has 1 aliphatic carbocycles. The Hall–Kier alpha value is -1.25. The minimum atomic E-state index is -1.47. The van der Waals surface area contributed by atoms with Gasteiger partial charge in [-0.2, -0.15) is 0 Å². The number of aromatic hydroxyl groups is 1. The summed E-state index contributed by atoms with van der Waals surface area (Å²) in [4.78, 5) is 0. The van der Waals surface area contributed by atoms with E-state index in [0.29, 0.717) is 11.5 Å². The van der Waals surface area contributed by atoms with Crippen LogP contribution in [0.1, 0.15) is 69.9 Å². The lowest BCUT2D eigenvalue weighted by molar-refractivity contribution is -0.00522. The van der Waals surface area contributed by atoms with Crippen molar-refractivity contribution in [3.05, 3.63) is 34.9 Å². The van der Waals surface area contributed by atoms with Crippen molar-refractivity contribution in [3.8, 4) is 11.5 Å². The summed E-state index contributed by atoms with van der Waals surface area (Å²) >= 11 is 0. The van der Waals surface area contributed by atoms with E-state index in [0.717, 1.165) is 43.2 Å². The van der Waals surface area contributed by atoms with E-state index in [9.17, 15) is 5.11 Å². The number of fused-ring (bicyclic) bond motifs is 3. The maximum Gasteiger partial charge on any atom is 0.127 e. The normalized spacial score (nSPS) is 27.9. The number of unbranched alkanes of at least 4 members (excludes halogenated alkanes) is 2. The lowest BCUT2D eigenvalue weighted by atomic mass is 9.33. The van der Waals surface area contributed by atoms with Gasteiger partial charge in [-0.25, -0.2) is 0 Å². The Labute approximate surface area is 162 Å². The number of aryl methyl sites for hydroxylation is 1. The minimum Gasteiger partial charge on any atom is -0.507 e. The second-order valence-electron chi connectivity index (χ2n) is 8.31. The smallest absolute Gasteiger partial charge is 0.127 e. The van der Waals surface area contributed by atoms with Crippen LogP contribution in [0.2, 0.25) is 5.11 Å². The van der Waals surface area contributed by atoms with Crippen LogP contribution in [0.15, 0.2) is 23.8 Å². The molecule has 26 heavy (non-hydrogen) atoms. The first kappa shape index (κ1) is 19.5. The first-order valence-electron chi connectivity index (χ1n) is 9.76. The molecule has 1 aliphatic heterocycles. The number of ether oxygens (including phenoxy) is 1. The van der Waals surface area contributed by atoms with Crippen molar-refractivity contribution >= 4 is 23.5 Å². The highest BCUT2D eigenvalue weighted by Crippen LogP contribution is 2.57. The van der Waals surface area contributed by atoms with Gasteiger partial charge < -0.3 is 9.84 Å². The Bertz CT molecular complexity index is 708. The van der Waals surface area contributed by atoms with Gasteiger partial charge in [0, 0.05) is 17.4 Å². The van der Waals surface area contributed by atoms with E-state index < -0.39 is 10.7 Å². The number of allylic oxidation sites excluding steroid dienone is 2. The van der Waals surface area contributed by atoms with E-state index in [1.165, 1.54) is 12.0 Å². The molecule has 0 amide bonds. The van der Waals surface area contributed by atoms with Crippen LogP contribution in [0.25, 0.3) is 0 Å². The molecule has 2 aliphatic rings. The maximum absolute atomic E-state index is 10.8. The topological polar surface area (TPSA) is 29.5 Å². The summed E-state index contributed by atoms with van der Waals surface area (Å²) in [6.07, 6.45) is 8.39. The van der Waals surface area contributed by atoms with Crippen molar-refractivity contribution in [2.24, 2.45) is 5.92 Å². The molecule has 5 heteroatoms. The molecule has 132 valence electrons. The van der Waals surface area contributed by atoms with Gasteiger partial charge >= 0.3 is 0 Å². The van der Waals surface area contributed by atoms with Crippen LogP contribution in [0, 0.1) is 5.92 Å². The molecule has 0 spiro atoms. The Balaban J connectivity index is 2.07. The second-order valence-corrected chi connectivity index (χ2v) is 8.31. The Morgan fingerprint density at radius 2 is 2.00 bits per heavy atom. The van der Waals surface area contributed by atoms with Crippen LogP contribution < -0.4 is 4.74 Å². The predicted octanol–water partition coefficient (Wildman–Crippen LogP) is 4.30. The molecule has 3 unspecified atom stereocenters. The van der Waals surface area contributed by atoms with Gasteiger partial charge in [0.15, 0.2) is 0 Å². The summed E-state index contributed by atoms with van der Waals surface area (Å²) in [5, 5.41) is 9.32. The summed E-state index contributed by atoms with van der Waals surface area (Å²) in [5.41, 5.74) is 2.32. The third-order valence-corrected chi connectivity index (χ3v) is 6.22. The average molecular weight is 344 g/mol. The van der Waals surface area contributed by atoms with E-state index in [2.05, 4.69) is 19.9 Å². The van der Waals surface area contributed by atoms with Crippen molar-refractivity contribution < 1.29 is 9.84 Å². The van der Waals surface area contributed by atoms with E-state index in [-0.39, 0.29) is 11.8 Å². The minimum absolute atomic E-state index is 0.0113. The number of benzene rings is 1. The summed E-state index contributed by atoms with van der Waals surface area (Å²) in [6.45, 7) is 6.21. The van der Waals surface area contributed by atoms with Gasteiger partial charge in [-0.1, -0.05) is 36.5 Å². The van der Waals surface area contributed by atoms with Crippen LogP contribution in [0.4, 0.5) is 0 Å². The number of phenols is 1. The molecular formula is C21H27B3O2. The fourth-order valence-electron chi connectivity index (χ4n) is 4.50. The van der Waals surface area contributed by atoms with Crippen LogP contribution in [0.3, 0.4) is 0 Å². The molecule has 1 heterocycles. The SMILES string of the molecule is [B]C([B])([B])C1(C)Oc2cc(CCCCC)cc(O)c2C2C=C(C)CCC21. The van der Waals surface area contributed by atoms with Crippen LogP contribution in [0.5, 0.6) is 11.5 Å². The Morgan fingerprint density at radius 3 is 2.65 bits per heavy atom. The molecule has 0 bridgehead atoms. The van der Waals surface area contributed by atoms with E-state index in [1.807, 2.05) is 19.1 Å². The Morgan fingerprint density at radius 1 is 1.27 bits per heavy atom. The molecule has 0 saturated carbocycles. The summed E-state index contributed by atoms with van der Waals surface area (Å²) in [5.74, 6) is 0.998. The fourth-order valence-corrected chi connectivity index (χ4v) is 4.50. The molecule has 3 rings (SSSR count). The van der Waals surface area contributed by atoms with Gasteiger partial charge in [0.1, 0.15) is 11.5 Å². The zero-order chi connectivity index (χ0) is 19.1. The highest BCUT2D eigenvalue weighted by Gasteiger charge is 2.52. The first-order chi connectivity index (χ1) is 12.2. The maximum atomic E-state index is 10.8. The highest BCUT2D eigenvalue weighted by molar-refractivity contribution is 6.59. The third-order valence-electron chi connectivity index (χ3n) is 6.22. The Kier molecular flexibility index (Phi) is 5.30. The van der Waals surface area contributed by atoms with Crippen LogP contribution in [-0.2, 0) is 6.42 Å². The van der Waals surface area contributed by atoms with Crippen molar-refractivity contribution in [2.45, 2.75) is 75.9 Å². The molecular weight excluding hydrogens is 317 g/mol. The fraction of sp³-hybridized carbons (Fsp3) is 0.619. The molecule has 1 N–H and O–H groups in total. The molecule has 0 saturated heterocycles. The lowest BCUT2D eigenvalue weighted by Crippen LogP contribution is -2.56. The highest BCUT2D eigenvalue weighted by atomic mass is 16.5. The summed E-state index contributed by atoms with van der Waals surface area (Å²) < 4.78 is 6.35. The molecule has 2 nitrogen and oxygen atoms in total. The van der Waals surface area contributed by atoms with Gasteiger partial charge in [-0.15, -0.1) is 0 Å². The molecule has 1 aromatic carbocycles. The summed E-state index contributed by atoms with van der Waals surface area (Å²) in [7, 11) is 18.5. The van der Waals surface area contributed by atoms with Gasteiger partial charge in [-0.3, -0.25) is 0 Å². The van der Waals surface area contributed by atoms with E-state index in [4.69, 9.17) is 28.3 Å². The molecule has 0 aromatic heterocycles. The van der Waals surface area contributed by atoms with Crippen LogP contribution >= 0.6 is 0 Å². The zero-order valence-corrected chi connectivity index (χ0v) is 16.2. The first-order valence-corrected chi connectivity index (χ1v) is 9.76. The molecule has 6 radical (unpaired) electrons. The van der Waals surface area contributed by atoms with Crippen LogP contribution in [-0.4, -0.2) is 34.2 Å². The zero-order valence-electron chi connectivity index (χ0n) is 16.2. The number of hydrogen-bond donors (Lipinski definition) is 1. The van der Waals surface area contributed by atoms with Crippen molar-refractivity contribution in [3.63, 3.8) is 0 Å². The van der Waals surface area contributed by atoms with Crippen molar-refractivity contribution in [2.75, 3.05) is 0 Å².